The van der Waals surface area contributed by atoms with E-state index in [0.717, 1.165) is 51.7 Å². The molecule has 0 bridgehead atoms. The Morgan fingerprint density at radius 3 is 2.38 bits per heavy atom. The third kappa shape index (κ3) is 3.13. The van der Waals surface area contributed by atoms with Gasteiger partial charge in [0.15, 0.2) is 5.96 Å². The standard InChI is InChI=1S/C18H32N4O2/c1-4-19-17(22-11-9-21(10-12-22)14(3)23)20-15-13-16(24-5-2)18(15)7-6-8-18/h15-16H,4-13H2,1-3H3,(H,19,20). The van der Waals surface area contributed by atoms with Crippen LogP contribution in [0.2, 0.25) is 0 Å². The quantitative estimate of drug-likeness (QED) is 0.624. The second kappa shape index (κ2) is 7.30. The number of nitrogens with one attached hydrogen (secondary N) is 1. The van der Waals surface area contributed by atoms with Crippen LogP contribution in [0.4, 0.5) is 0 Å². The van der Waals surface area contributed by atoms with Crippen LogP contribution in [0, 0.1) is 5.41 Å². The summed E-state index contributed by atoms with van der Waals surface area (Å²) in [4.78, 5) is 20.5. The second-order valence-electron chi connectivity index (χ2n) is 7.25. The van der Waals surface area contributed by atoms with Crippen LogP contribution in [0.25, 0.3) is 0 Å². The Morgan fingerprint density at radius 2 is 1.88 bits per heavy atom. The average Bonchev–Trinajstić information content (AvgIpc) is 2.51. The van der Waals surface area contributed by atoms with Crippen LogP contribution in [-0.2, 0) is 9.53 Å². The van der Waals surface area contributed by atoms with Crippen molar-refractivity contribution in [2.75, 3.05) is 39.3 Å². The molecule has 6 nitrogen and oxygen atoms in total. The van der Waals surface area contributed by atoms with Gasteiger partial charge >= 0.3 is 0 Å². The van der Waals surface area contributed by atoms with E-state index in [1.54, 1.807) is 6.92 Å². The van der Waals surface area contributed by atoms with Crippen molar-refractivity contribution in [1.29, 1.82) is 0 Å². The first kappa shape index (κ1) is 17.5. The molecule has 1 aliphatic heterocycles. The first-order chi connectivity index (χ1) is 11.6. The summed E-state index contributed by atoms with van der Waals surface area (Å²) in [6, 6.07) is 0.485. The number of ether oxygens (including phenoxy) is 1. The molecule has 3 fully saturated rings. The van der Waals surface area contributed by atoms with E-state index in [0.29, 0.717) is 17.6 Å². The van der Waals surface area contributed by atoms with Gasteiger partial charge in [-0.2, -0.15) is 0 Å². The molecule has 2 aliphatic carbocycles. The number of amides is 1. The van der Waals surface area contributed by atoms with E-state index in [-0.39, 0.29) is 5.91 Å². The molecule has 3 aliphatic rings. The average molecular weight is 336 g/mol. The molecule has 1 heterocycles. The van der Waals surface area contributed by atoms with E-state index in [4.69, 9.17) is 9.73 Å². The van der Waals surface area contributed by atoms with Crippen LogP contribution in [0.3, 0.4) is 0 Å². The summed E-state index contributed by atoms with van der Waals surface area (Å²) in [6.45, 7) is 10.7. The number of carbonyl (C=O) groups excluding carboxylic acids is 1. The summed E-state index contributed by atoms with van der Waals surface area (Å²) in [5, 5.41) is 3.74. The molecule has 2 atom stereocenters. The third-order valence-corrected chi connectivity index (χ3v) is 6.07. The van der Waals surface area contributed by atoms with Gasteiger partial charge in [0.05, 0.1) is 6.10 Å². The van der Waals surface area contributed by atoms with Crippen LogP contribution >= 0.6 is 0 Å². The highest BCUT2D eigenvalue weighted by Gasteiger charge is 2.59. The highest BCUT2D eigenvalue weighted by molar-refractivity contribution is 5.81. The summed E-state index contributed by atoms with van der Waals surface area (Å²) in [5.74, 6) is 1.19. The molecular weight excluding hydrogens is 304 g/mol. The highest BCUT2D eigenvalue weighted by Crippen LogP contribution is 2.57. The SMILES string of the molecule is CCN=C(NC1CC(OCC)C12CCC2)N1CCN(C(C)=O)CC1. The molecule has 0 radical (unpaired) electrons. The minimum absolute atomic E-state index is 0.170. The lowest BCUT2D eigenvalue weighted by molar-refractivity contribution is -0.169. The van der Waals surface area contributed by atoms with Gasteiger partial charge < -0.3 is 19.9 Å². The zero-order valence-electron chi connectivity index (χ0n) is 15.4. The molecule has 0 aromatic rings. The summed E-state index contributed by atoms with van der Waals surface area (Å²) in [5.41, 5.74) is 0.339. The third-order valence-electron chi connectivity index (χ3n) is 6.07. The molecule has 1 amide bonds. The zero-order valence-corrected chi connectivity index (χ0v) is 15.4. The van der Waals surface area contributed by atoms with Crippen molar-refractivity contribution in [2.45, 2.75) is 58.6 Å². The molecule has 0 aromatic carbocycles. The molecule has 1 saturated heterocycles. The number of nitrogens with zero attached hydrogens (tertiary/aromatic N) is 3. The van der Waals surface area contributed by atoms with Crippen LogP contribution < -0.4 is 5.32 Å². The van der Waals surface area contributed by atoms with Crippen molar-refractivity contribution in [2.24, 2.45) is 10.4 Å². The van der Waals surface area contributed by atoms with Gasteiger partial charge in [-0.15, -0.1) is 0 Å². The van der Waals surface area contributed by atoms with Gasteiger partial charge in [-0.3, -0.25) is 9.79 Å². The van der Waals surface area contributed by atoms with E-state index in [9.17, 15) is 4.79 Å². The van der Waals surface area contributed by atoms with E-state index in [1.807, 2.05) is 4.90 Å². The normalized spacial score (nSPS) is 29.2. The van der Waals surface area contributed by atoms with E-state index in [2.05, 4.69) is 24.1 Å². The lowest BCUT2D eigenvalue weighted by atomic mass is 9.51. The smallest absolute Gasteiger partial charge is 0.219 e. The van der Waals surface area contributed by atoms with Crippen LogP contribution in [-0.4, -0.2) is 73.1 Å². The zero-order chi connectivity index (χ0) is 17.2. The van der Waals surface area contributed by atoms with Crippen molar-refractivity contribution < 1.29 is 9.53 Å². The maximum absolute atomic E-state index is 11.5. The predicted octanol–water partition coefficient (Wildman–Crippen LogP) is 1.46. The number of guanidine groups is 1. The summed E-state index contributed by atoms with van der Waals surface area (Å²) in [6.07, 6.45) is 5.37. The maximum atomic E-state index is 11.5. The Bertz CT molecular complexity index is 481. The van der Waals surface area contributed by atoms with Crippen molar-refractivity contribution in [3.63, 3.8) is 0 Å². The topological polar surface area (TPSA) is 57.2 Å². The van der Waals surface area contributed by atoms with Gasteiger partial charge in [0.25, 0.3) is 0 Å². The molecule has 0 aromatic heterocycles. The lowest BCUT2D eigenvalue weighted by Crippen LogP contribution is -2.69. The van der Waals surface area contributed by atoms with Crippen molar-refractivity contribution in [1.82, 2.24) is 15.1 Å². The fourth-order valence-corrected chi connectivity index (χ4v) is 4.42. The maximum Gasteiger partial charge on any atom is 0.219 e. The molecule has 136 valence electrons. The van der Waals surface area contributed by atoms with Crippen molar-refractivity contribution in [3.05, 3.63) is 0 Å². The summed E-state index contributed by atoms with van der Waals surface area (Å²) in [7, 11) is 0. The molecule has 6 heteroatoms. The first-order valence-corrected chi connectivity index (χ1v) is 9.53. The number of aliphatic imine (C=N–C) groups is 1. The molecule has 1 spiro atoms. The molecular formula is C18H32N4O2. The molecule has 2 saturated carbocycles. The molecule has 1 N–H and O–H groups in total. The summed E-state index contributed by atoms with van der Waals surface area (Å²) < 4.78 is 5.96. The Morgan fingerprint density at radius 1 is 1.21 bits per heavy atom. The van der Waals surface area contributed by atoms with Gasteiger partial charge in [0.2, 0.25) is 5.91 Å². The lowest BCUT2D eigenvalue weighted by Gasteiger charge is -2.61. The van der Waals surface area contributed by atoms with E-state index < -0.39 is 0 Å². The fraction of sp³-hybridized carbons (Fsp3) is 0.889. The highest BCUT2D eigenvalue weighted by atomic mass is 16.5. The Hall–Kier alpha value is -1.30. The van der Waals surface area contributed by atoms with Crippen LogP contribution in [0.15, 0.2) is 4.99 Å². The number of carbonyl (C=O) groups is 1. The van der Waals surface area contributed by atoms with Gasteiger partial charge in [0, 0.05) is 57.7 Å². The largest absolute Gasteiger partial charge is 0.378 e. The monoisotopic (exact) mass is 336 g/mol. The van der Waals surface area contributed by atoms with Gasteiger partial charge in [-0.25, -0.2) is 0 Å². The van der Waals surface area contributed by atoms with Gasteiger partial charge in [-0.05, 0) is 33.1 Å². The van der Waals surface area contributed by atoms with Crippen molar-refractivity contribution in [3.8, 4) is 0 Å². The molecule has 3 rings (SSSR count). The Kier molecular flexibility index (Phi) is 5.33. The fourth-order valence-electron chi connectivity index (χ4n) is 4.42. The number of rotatable bonds is 4. The van der Waals surface area contributed by atoms with Crippen LogP contribution in [0.5, 0.6) is 0 Å². The van der Waals surface area contributed by atoms with Gasteiger partial charge in [-0.1, -0.05) is 6.42 Å². The number of piperazine rings is 1. The minimum Gasteiger partial charge on any atom is -0.378 e. The molecule has 24 heavy (non-hydrogen) atoms. The first-order valence-electron chi connectivity index (χ1n) is 9.53. The Labute approximate surface area is 145 Å². The number of hydrogen-bond acceptors (Lipinski definition) is 3. The van der Waals surface area contributed by atoms with Crippen LogP contribution in [0.1, 0.15) is 46.5 Å². The second-order valence-corrected chi connectivity index (χ2v) is 7.25. The molecule has 2 unspecified atom stereocenters. The Balaban J connectivity index is 1.60. The minimum atomic E-state index is 0.170. The van der Waals surface area contributed by atoms with E-state index in [1.165, 1.54) is 19.3 Å². The van der Waals surface area contributed by atoms with Gasteiger partial charge in [0.1, 0.15) is 0 Å². The summed E-state index contributed by atoms with van der Waals surface area (Å²) >= 11 is 0. The van der Waals surface area contributed by atoms with Crippen molar-refractivity contribution >= 4 is 11.9 Å². The predicted molar refractivity (Wildman–Crippen MR) is 95.0 cm³/mol. The van der Waals surface area contributed by atoms with E-state index >= 15 is 0 Å². The number of hydrogen-bond donors (Lipinski definition) is 1.